The van der Waals surface area contributed by atoms with Crippen molar-refractivity contribution >= 4 is 23.8 Å². The summed E-state index contributed by atoms with van der Waals surface area (Å²) in [7, 11) is 0. The number of carboxylic acid groups (broad SMARTS) is 1. The van der Waals surface area contributed by atoms with Gasteiger partial charge in [0, 0.05) is 18.8 Å². The molecule has 94 valence electrons. The van der Waals surface area contributed by atoms with Crippen molar-refractivity contribution in [1.82, 2.24) is 9.80 Å². The third-order valence-corrected chi connectivity index (χ3v) is 3.39. The van der Waals surface area contributed by atoms with Crippen LogP contribution in [0.5, 0.6) is 0 Å². The van der Waals surface area contributed by atoms with E-state index in [1.165, 1.54) is 21.6 Å². The van der Waals surface area contributed by atoms with Crippen LogP contribution < -0.4 is 0 Å². The second kappa shape index (κ2) is 6.34. The zero-order valence-corrected chi connectivity index (χ0v) is 10.4. The van der Waals surface area contributed by atoms with Crippen LogP contribution in [0.25, 0.3) is 0 Å². The molecule has 1 saturated heterocycles. The van der Waals surface area contributed by atoms with Crippen molar-refractivity contribution in [3.8, 4) is 0 Å². The molecule has 1 aliphatic heterocycles. The molecule has 0 radical (unpaired) electrons. The number of rotatable bonds is 5. The molecular weight excluding hydrogens is 240 g/mol. The average molecular weight is 256 g/mol. The van der Waals surface area contributed by atoms with E-state index in [4.69, 9.17) is 5.11 Å². The smallest absolute Gasteiger partial charge is 0.327 e. The first-order valence-corrected chi connectivity index (χ1v) is 6.35. The van der Waals surface area contributed by atoms with Crippen LogP contribution in [0.2, 0.25) is 0 Å². The van der Waals surface area contributed by atoms with Crippen molar-refractivity contribution in [3.63, 3.8) is 0 Å². The maximum absolute atomic E-state index is 12.1. The molecule has 1 atom stereocenters. The topological polar surface area (TPSA) is 60.9 Å². The van der Waals surface area contributed by atoms with E-state index in [-0.39, 0.29) is 6.03 Å². The van der Waals surface area contributed by atoms with E-state index in [0.29, 0.717) is 24.7 Å². The molecule has 6 heteroatoms. The standard InChI is InChI=1S/C11H16N2O3S/c1-3-5-12(6-4-2)11(16)13-8-17-7-9(13)10(14)15/h3-4,9H,1-2,5-8H2,(H,14,15)/t9-/m0/s1. The third-order valence-electron chi connectivity index (χ3n) is 2.38. The molecule has 0 unspecified atom stereocenters. The molecule has 0 aromatic carbocycles. The van der Waals surface area contributed by atoms with E-state index in [9.17, 15) is 9.59 Å². The molecule has 17 heavy (non-hydrogen) atoms. The molecule has 2 amide bonds. The number of carbonyl (C=O) groups excluding carboxylic acids is 1. The Morgan fingerprint density at radius 2 is 2.00 bits per heavy atom. The summed E-state index contributed by atoms with van der Waals surface area (Å²) in [6.45, 7) is 7.93. The van der Waals surface area contributed by atoms with Crippen LogP contribution in [0.3, 0.4) is 0 Å². The molecule has 1 N–H and O–H groups in total. The van der Waals surface area contributed by atoms with Crippen LogP contribution >= 0.6 is 11.8 Å². The fourth-order valence-electron chi connectivity index (χ4n) is 1.56. The zero-order chi connectivity index (χ0) is 12.8. The van der Waals surface area contributed by atoms with Gasteiger partial charge in [-0.25, -0.2) is 9.59 Å². The fraction of sp³-hybridized carbons (Fsp3) is 0.455. The number of carboxylic acids is 1. The van der Waals surface area contributed by atoms with Gasteiger partial charge in [-0.2, -0.15) is 0 Å². The maximum atomic E-state index is 12.1. The lowest BCUT2D eigenvalue weighted by atomic mass is 10.3. The van der Waals surface area contributed by atoms with E-state index in [2.05, 4.69) is 13.2 Å². The molecule has 5 nitrogen and oxygen atoms in total. The highest BCUT2D eigenvalue weighted by Gasteiger charge is 2.36. The maximum Gasteiger partial charge on any atom is 0.327 e. The predicted molar refractivity (Wildman–Crippen MR) is 68.0 cm³/mol. The summed E-state index contributed by atoms with van der Waals surface area (Å²) >= 11 is 1.45. The van der Waals surface area contributed by atoms with Crippen molar-refractivity contribution in [1.29, 1.82) is 0 Å². The Labute approximate surface area is 105 Å². The van der Waals surface area contributed by atoms with Gasteiger partial charge in [0.2, 0.25) is 0 Å². The zero-order valence-electron chi connectivity index (χ0n) is 9.54. The van der Waals surface area contributed by atoms with Gasteiger partial charge in [-0.15, -0.1) is 24.9 Å². The summed E-state index contributed by atoms with van der Waals surface area (Å²) in [6.07, 6.45) is 3.22. The van der Waals surface area contributed by atoms with Gasteiger partial charge in [-0.3, -0.25) is 0 Å². The highest BCUT2D eigenvalue weighted by Crippen LogP contribution is 2.22. The molecule has 0 saturated carbocycles. The summed E-state index contributed by atoms with van der Waals surface area (Å²) in [6, 6.07) is -1.01. The van der Waals surface area contributed by atoms with Crippen molar-refractivity contribution in [2.45, 2.75) is 6.04 Å². The van der Waals surface area contributed by atoms with Gasteiger partial charge in [-0.05, 0) is 0 Å². The van der Waals surface area contributed by atoms with E-state index >= 15 is 0 Å². The van der Waals surface area contributed by atoms with Crippen molar-refractivity contribution < 1.29 is 14.7 Å². The lowest BCUT2D eigenvalue weighted by Crippen LogP contribution is -2.48. The first-order valence-electron chi connectivity index (χ1n) is 5.19. The summed E-state index contributed by atoms with van der Waals surface area (Å²) in [5, 5.41) is 9.01. The van der Waals surface area contributed by atoms with Gasteiger partial charge in [0.25, 0.3) is 0 Å². The SMILES string of the molecule is C=CCN(CC=C)C(=O)N1CSC[C@H]1C(=O)O. The van der Waals surface area contributed by atoms with Crippen molar-refractivity contribution in [2.24, 2.45) is 0 Å². The number of thioether (sulfide) groups is 1. The van der Waals surface area contributed by atoms with E-state index in [1.54, 1.807) is 12.2 Å². The molecule has 1 heterocycles. The van der Waals surface area contributed by atoms with E-state index < -0.39 is 12.0 Å². The van der Waals surface area contributed by atoms with Gasteiger partial charge >= 0.3 is 12.0 Å². The van der Waals surface area contributed by atoms with Gasteiger partial charge in [0.05, 0.1) is 5.88 Å². The van der Waals surface area contributed by atoms with Crippen LogP contribution in [0, 0.1) is 0 Å². The predicted octanol–water partition coefficient (Wildman–Crippen LogP) is 1.24. The monoisotopic (exact) mass is 256 g/mol. The van der Waals surface area contributed by atoms with Crippen molar-refractivity contribution in [3.05, 3.63) is 25.3 Å². The van der Waals surface area contributed by atoms with Gasteiger partial charge in [0.1, 0.15) is 6.04 Å². The summed E-state index contributed by atoms with van der Waals surface area (Å²) in [5.41, 5.74) is 0. The fourth-order valence-corrected chi connectivity index (χ4v) is 2.70. The minimum Gasteiger partial charge on any atom is -0.480 e. The molecule has 0 bridgehead atoms. The molecule has 0 aliphatic carbocycles. The Morgan fingerprint density at radius 3 is 2.47 bits per heavy atom. The second-order valence-corrected chi connectivity index (χ2v) is 4.59. The van der Waals surface area contributed by atoms with Crippen LogP contribution in [-0.4, -0.2) is 57.7 Å². The Morgan fingerprint density at radius 1 is 1.41 bits per heavy atom. The summed E-state index contributed by atoms with van der Waals surface area (Å²) in [4.78, 5) is 26.0. The molecule has 1 aliphatic rings. The number of carbonyl (C=O) groups is 2. The van der Waals surface area contributed by atoms with Gasteiger partial charge < -0.3 is 14.9 Å². The largest absolute Gasteiger partial charge is 0.480 e. The van der Waals surface area contributed by atoms with Gasteiger partial charge in [0.15, 0.2) is 0 Å². The normalized spacial score (nSPS) is 18.8. The molecule has 1 rings (SSSR count). The number of hydrogen-bond acceptors (Lipinski definition) is 3. The number of amides is 2. The molecule has 0 spiro atoms. The third kappa shape index (κ3) is 3.26. The van der Waals surface area contributed by atoms with Crippen LogP contribution in [0.1, 0.15) is 0 Å². The molecule has 1 fully saturated rings. The number of aliphatic carboxylic acids is 1. The first kappa shape index (κ1) is 13.6. The average Bonchev–Trinajstić information content (AvgIpc) is 2.76. The molecule has 0 aromatic heterocycles. The highest BCUT2D eigenvalue weighted by molar-refractivity contribution is 7.99. The number of urea groups is 1. The summed E-state index contributed by atoms with van der Waals surface area (Å²) < 4.78 is 0. The van der Waals surface area contributed by atoms with Crippen LogP contribution in [0.4, 0.5) is 4.79 Å². The van der Waals surface area contributed by atoms with E-state index in [0.717, 1.165) is 0 Å². The van der Waals surface area contributed by atoms with Crippen molar-refractivity contribution in [2.75, 3.05) is 24.7 Å². The Balaban J connectivity index is 2.74. The minimum atomic E-state index is -0.958. The molecular formula is C11H16N2O3S. The minimum absolute atomic E-state index is 0.276. The highest BCUT2D eigenvalue weighted by atomic mass is 32.2. The first-order chi connectivity index (χ1) is 8.11. The lowest BCUT2D eigenvalue weighted by molar-refractivity contribution is -0.140. The quantitative estimate of drug-likeness (QED) is 0.752. The Bertz CT molecular complexity index is 323. The molecule has 0 aromatic rings. The second-order valence-electron chi connectivity index (χ2n) is 3.59. The van der Waals surface area contributed by atoms with Gasteiger partial charge in [-0.1, -0.05) is 12.2 Å². The Kier molecular flexibility index (Phi) is 5.09. The summed E-state index contributed by atoms with van der Waals surface area (Å²) in [5.74, 6) is -0.0991. The van der Waals surface area contributed by atoms with E-state index in [1.807, 2.05) is 0 Å². The van der Waals surface area contributed by atoms with Crippen LogP contribution in [-0.2, 0) is 4.79 Å². The number of hydrogen-bond donors (Lipinski definition) is 1. The Hall–Kier alpha value is -1.43. The van der Waals surface area contributed by atoms with Crippen LogP contribution in [0.15, 0.2) is 25.3 Å². The number of nitrogens with zero attached hydrogens (tertiary/aromatic N) is 2. The lowest BCUT2D eigenvalue weighted by Gasteiger charge is -2.28.